The van der Waals surface area contributed by atoms with E-state index < -0.39 is 242 Å². The van der Waals surface area contributed by atoms with Crippen molar-refractivity contribution in [1.29, 1.82) is 10.8 Å². The van der Waals surface area contributed by atoms with Crippen LogP contribution < -0.4 is 86.3 Å². The molecule has 0 spiro atoms. The van der Waals surface area contributed by atoms with Gasteiger partial charge in [-0.25, -0.2) is 14.8 Å². The van der Waals surface area contributed by atoms with Crippen molar-refractivity contribution < 1.29 is 117 Å². The molecule has 658 valence electrons. The molecule has 15 atom stereocenters. The predicted octanol–water partition coefficient (Wildman–Crippen LogP) is -11.7. The van der Waals surface area contributed by atoms with Crippen LogP contribution in [0.4, 0.5) is 0 Å². The first kappa shape index (κ1) is 95.8. The quantitative estimate of drug-likeness (QED) is 0.0142. The number of nitrogens with two attached hydrogens (primary N) is 3. The van der Waals surface area contributed by atoms with Crippen molar-refractivity contribution >= 4 is 113 Å². The van der Waals surface area contributed by atoms with Gasteiger partial charge in [-0.1, -0.05) is 30.3 Å². The van der Waals surface area contributed by atoms with E-state index in [0.717, 1.165) is 14.7 Å². The average Bonchev–Trinajstić information content (AvgIpc) is 1.64. The van der Waals surface area contributed by atoms with Crippen LogP contribution in [0.15, 0.2) is 55.4 Å². The third-order valence-corrected chi connectivity index (χ3v) is 19.6. The lowest BCUT2D eigenvalue weighted by molar-refractivity contribution is -0.145. The third-order valence-electron chi connectivity index (χ3n) is 19.6. The summed E-state index contributed by atoms with van der Waals surface area (Å²) in [4.78, 5) is 249. The van der Waals surface area contributed by atoms with E-state index in [9.17, 15) is 117 Å². The first-order valence-corrected chi connectivity index (χ1v) is 38.3. The lowest BCUT2D eigenvalue weighted by Gasteiger charge is -2.31. The molecule has 0 radical (unpaired) electrons. The summed E-state index contributed by atoms with van der Waals surface area (Å²) in [6.45, 7) is -3.43. The van der Waals surface area contributed by atoms with Gasteiger partial charge in [0, 0.05) is 75.8 Å². The zero-order valence-electron chi connectivity index (χ0n) is 65.4. The van der Waals surface area contributed by atoms with Crippen molar-refractivity contribution in [2.45, 2.75) is 194 Å². The number of carboxylic acid groups (broad SMARTS) is 3. The number of carbonyl (C=O) groups excluding carboxylic acids is 14. The monoisotopic (exact) mass is 1690 g/mol. The van der Waals surface area contributed by atoms with Gasteiger partial charge in [-0.3, -0.25) is 87.5 Å². The summed E-state index contributed by atoms with van der Waals surface area (Å²) >= 11 is 0. The number of aromatic amines is 2. The highest BCUT2D eigenvalue weighted by Gasteiger charge is 2.44. The first-order chi connectivity index (χ1) is 57.1. The molecule has 5 heterocycles. The van der Waals surface area contributed by atoms with E-state index in [0.29, 0.717) is 12.0 Å². The second kappa shape index (κ2) is 47.4. The normalized spacial score (nSPS) is 17.9. The Labute approximate surface area is 684 Å². The molecule has 3 saturated heterocycles. The number of aliphatic hydroxyl groups is 4. The number of carboxylic acids is 3. The number of likely N-dealkylation sites (tertiary alicyclic amines) is 3. The van der Waals surface area contributed by atoms with Crippen molar-refractivity contribution in [3.63, 3.8) is 0 Å². The van der Waals surface area contributed by atoms with Gasteiger partial charge in [0.15, 0.2) is 11.9 Å². The van der Waals surface area contributed by atoms with Crippen LogP contribution in [0.3, 0.4) is 0 Å². The molecule has 1 aromatic carbocycles. The summed E-state index contributed by atoms with van der Waals surface area (Å²) < 4.78 is 0. The van der Waals surface area contributed by atoms with Crippen LogP contribution in [0.5, 0.6) is 0 Å². The molecule has 49 nitrogen and oxygen atoms in total. The van der Waals surface area contributed by atoms with Gasteiger partial charge < -0.3 is 147 Å². The highest BCUT2D eigenvalue weighted by Crippen LogP contribution is 2.23. The molecule has 49 heteroatoms. The lowest BCUT2D eigenvalue weighted by Crippen LogP contribution is -2.61. The lowest BCUT2D eigenvalue weighted by atomic mass is 10.0. The SMILES string of the molecule is C[C@@H](NC(=O)[C@H](Cc1ccccc1)NC(=O)[C@@H](CCCNC(=N)N)NC(=O)[C@@H](CO)NC(=O)[C@@H]1CCCN1C(=O)[C@@H](N)CC(=O)O)C(=O)N1CCC[C@H]1C(=O)N[C@H](CC(=O)O)C(=O)N[C@H](CO)C(=O)N1CCC[C@H]1C(=O)N[C@@H](CCCNC(=N)N)C(=O)N[C@H](Cc1cnc[nH]1)C(=O)N[C@@H](CO)C(=O)N[C@H](Cc1cnc[nH]1)C(=O)N[C@@H](CO)C(=O)O. The molecule has 6 rings (SSSR count). The maximum Gasteiger partial charge on any atom is 0.328 e. The standard InChI is InChI=1S/C71H105N25O24/c1-35(83-57(107)42(22-36-10-3-2-4-11-36)86-55(105)40(12-5-17-79-70(73)74)84-61(111)47(30-98)91-65(115)51-15-8-20-95(51)67(117)39(72)25-53(101)102)66(116)94-19-7-14-50(94)64(114)89-45(26-54(103)104)60(110)92-48(31-99)68(118)96-21-9-16-52(96)63(113)85-41(13-6-18-80-71(75)76)56(106)87-43(23-37-27-77-33-81-37)58(108)90-46(29-97)62(112)88-44(24-38-28-78-34-82-38)59(109)93-49(32-100)69(119)120/h2-4,10-11,27-28,33-35,39-52,97-100H,5-9,12-26,29-32,72H2,1H3,(H,77,81)(H,78,82)(H,83,107)(H,84,111)(H,85,113)(H,86,105)(H,87,106)(H,88,112)(H,89,114)(H,90,108)(H,91,115)(H,92,110)(H,93,109)(H,101,102)(H,103,104)(H,119,120)(H4,73,74,79)(H4,75,76,80)/t35-,39+,40-,41+,42+,43-,44-,45-,46+,47-,48-,49+,50+,51+,52+/m1/s1. The Morgan fingerprint density at radius 3 is 1.22 bits per heavy atom. The molecule has 3 aliphatic rings. The number of aliphatic carboxylic acids is 3. The Balaban J connectivity index is 1.12. The van der Waals surface area contributed by atoms with Crippen molar-refractivity contribution in [1.82, 2.24) is 104 Å². The number of benzene rings is 1. The number of hydrogen-bond donors (Lipinski definition) is 27. The molecule has 0 aliphatic carbocycles. The second-order valence-electron chi connectivity index (χ2n) is 28.5. The van der Waals surface area contributed by atoms with Crippen LogP contribution in [-0.2, 0) is 101 Å². The summed E-state index contributed by atoms with van der Waals surface area (Å²) in [7, 11) is 0. The van der Waals surface area contributed by atoms with Gasteiger partial charge in [-0.15, -0.1) is 0 Å². The van der Waals surface area contributed by atoms with E-state index >= 15 is 0 Å². The Hall–Kier alpha value is -13.0. The fraction of sp³-hybridized carbons (Fsp3) is 0.563. The number of imidazole rings is 2. The van der Waals surface area contributed by atoms with Crippen LogP contribution in [0.25, 0.3) is 0 Å². The zero-order chi connectivity index (χ0) is 88.4. The summed E-state index contributed by atoms with van der Waals surface area (Å²) in [5.41, 5.74) is 17.7. The van der Waals surface area contributed by atoms with Crippen molar-refractivity contribution in [3.8, 4) is 0 Å². The predicted molar refractivity (Wildman–Crippen MR) is 413 cm³/mol. The number of nitrogens with zero attached hydrogens (tertiary/aromatic N) is 5. The maximum absolute atomic E-state index is 14.5. The Bertz CT molecular complexity index is 4110. The van der Waals surface area contributed by atoms with E-state index in [1.807, 2.05) is 0 Å². The summed E-state index contributed by atoms with van der Waals surface area (Å²) in [6.07, 6.45) is 2.32. The number of nitrogens with one attached hydrogen (secondary N) is 17. The number of aromatic nitrogens is 4. The minimum absolute atomic E-state index is 0.00152. The third kappa shape index (κ3) is 29.2. The molecule has 30 N–H and O–H groups in total. The molecule has 0 bridgehead atoms. The molecule has 120 heavy (non-hydrogen) atoms. The average molecular weight is 1690 g/mol. The van der Waals surface area contributed by atoms with Gasteiger partial charge in [0.2, 0.25) is 82.7 Å². The zero-order valence-corrected chi connectivity index (χ0v) is 65.4. The van der Waals surface area contributed by atoms with Gasteiger partial charge in [-0.2, -0.15) is 0 Å². The Kier molecular flexibility index (Phi) is 37.8. The molecular formula is C71H105N25O24. The topological polar surface area (TPSA) is 781 Å². The van der Waals surface area contributed by atoms with Crippen molar-refractivity contribution in [2.75, 3.05) is 59.2 Å². The van der Waals surface area contributed by atoms with Crippen LogP contribution >= 0.6 is 0 Å². The maximum atomic E-state index is 14.5. The molecular weight excluding hydrogens is 1590 g/mol. The minimum Gasteiger partial charge on any atom is -0.481 e. The molecule has 2 aromatic heterocycles. The number of rotatable bonds is 48. The van der Waals surface area contributed by atoms with Gasteiger partial charge in [-0.05, 0) is 76.7 Å². The minimum atomic E-state index is -2.02. The van der Waals surface area contributed by atoms with Crippen LogP contribution in [0, 0.1) is 10.8 Å². The van der Waals surface area contributed by atoms with E-state index in [-0.39, 0.29) is 121 Å². The van der Waals surface area contributed by atoms with E-state index in [1.165, 1.54) is 32.0 Å². The van der Waals surface area contributed by atoms with Gasteiger partial charge in [0.1, 0.15) is 84.6 Å². The fourth-order valence-corrected chi connectivity index (χ4v) is 13.4. The largest absolute Gasteiger partial charge is 0.481 e. The van der Waals surface area contributed by atoms with Gasteiger partial charge in [0.25, 0.3) is 0 Å². The Morgan fingerprint density at radius 2 is 0.792 bits per heavy atom. The Morgan fingerprint density at radius 1 is 0.442 bits per heavy atom. The van der Waals surface area contributed by atoms with Gasteiger partial charge in [0.05, 0.1) is 58.0 Å². The molecule has 0 unspecified atom stereocenters. The molecule has 3 aromatic rings. The number of guanidine groups is 2. The van der Waals surface area contributed by atoms with Crippen molar-refractivity contribution in [3.05, 3.63) is 72.3 Å². The number of aliphatic hydroxyl groups excluding tert-OH is 4. The molecule has 0 saturated carbocycles. The molecule has 3 aliphatic heterocycles. The molecule has 3 fully saturated rings. The van der Waals surface area contributed by atoms with Crippen LogP contribution in [-0.4, -0.2) is 333 Å². The summed E-state index contributed by atoms with van der Waals surface area (Å²) in [5, 5.41) is 116. The van der Waals surface area contributed by atoms with Crippen LogP contribution in [0.2, 0.25) is 0 Å². The van der Waals surface area contributed by atoms with Crippen molar-refractivity contribution in [2.24, 2.45) is 17.2 Å². The number of carbonyl (C=O) groups is 17. The summed E-state index contributed by atoms with van der Waals surface area (Å²) in [6, 6.07) is -16.2. The second-order valence-corrected chi connectivity index (χ2v) is 28.5. The van der Waals surface area contributed by atoms with Crippen LogP contribution in [0.1, 0.15) is 101 Å². The molecule has 14 amide bonds. The first-order valence-electron chi connectivity index (χ1n) is 38.3. The number of amides is 14. The van der Waals surface area contributed by atoms with E-state index in [1.54, 1.807) is 30.3 Å². The van der Waals surface area contributed by atoms with Gasteiger partial charge >= 0.3 is 17.9 Å². The fourth-order valence-electron chi connectivity index (χ4n) is 13.4. The number of hydrogen-bond acceptors (Lipinski definition) is 26. The highest BCUT2D eigenvalue weighted by atomic mass is 16.4. The number of H-pyrrole nitrogens is 2. The highest BCUT2D eigenvalue weighted by molar-refractivity contribution is 6.01. The van der Waals surface area contributed by atoms with E-state index in [4.69, 9.17) is 28.0 Å². The summed E-state index contributed by atoms with van der Waals surface area (Å²) in [5.74, 6) is -20.1. The smallest absolute Gasteiger partial charge is 0.328 e. The van der Waals surface area contributed by atoms with E-state index in [2.05, 4.69) is 89.1 Å².